The zero-order chi connectivity index (χ0) is 23.9. The lowest BCUT2D eigenvalue weighted by Gasteiger charge is -2.34. The second kappa shape index (κ2) is 11.3. The molecule has 2 aliphatic rings. The van der Waals surface area contributed by atoms with Gasteiger partial charge >= 0.3 is 5.97 Å². The van der Waals surface area contributed by atoms with Gasteiger partial charge in [0.25, 0.3) is 0 Å². The summed E-state index contributed by atoms with van der Waals surface area (Å²) in [5.74, 6) is 0.807. The molecule has 0 N–H and O–H groups in total. The maximum Gasteiger partial charge on any atom is 0.318 e. The van der Waals surface area contributed by atoms with Gasteiger partial charge in [0.05, 0.1) is 6.61 Å². The molecule has 0 atom stereocenters. The molecule has 0 radical (unpaired) electrons. The standard InChI is InChI=1S/C30H32N2O3/c33-30(29-25-13-4-6-15-27(25)35-28-16-7-5-14-26(28)29)34-23-9-18-32-21-19-31(20-22-32)17-8-12-24-10-2-1-3-11-24/h1-8,10-16,29H,9,17-23H2/b12-8+. The fourth-order valence-electron chi connectivity index (χ4n) is 4.81. The summed E-state index contributed by atoms with van der Waals surface area (Å²) in [6.45, 7) is 6.58. The summed E-state index contributed by atoms with van der Waals surface area (Å²) in [7, 11) is 0. The topological polar surface area (TPSA) is 42.0 Å². The Morgan fingerprint density at radius 2 is 1.43 bits per heavy atom. The van der Waals surface area contributed by atoms with Crippen molar-refractivity contribution >= 4 is 12.0 Å². The molecule has 0 saturated carbocycles. The molecule has 3 aromatic rings. The van der Waals surface area contributed by atoms with Crippen LogP contribution in [0.1, 0.15) is 29.0 Å². The van der Waals surface area contributed by atoms with E-state index in [0.29, 0.717) is 6.61 Å². The van der Waals surface area contributed by atoms with Gasteiger partial charge in [0.2, 0.25) is 0 Å². The Hall–Kier alpha value is -3.41. The van der Waals surface area contributed by atoms with E-state index >= 15 is 0 Å². The smallest absolute Gasteiger partial charge is 0.318 e. The van der Waals surface area contributed by atoms with Gasteiger partial charge < -0.3 is 14.4 Å². The zero-order valence-corrected chi connectivity index (χ0v) is 20.0. The third-order valence-electron chi connectivity index (χ3n) is 6.72. The lowest BCUT2D eigenvalue weighted by atomic mass is 9.88. The van der Waals surface area contributed by atoms with E-state index in [1.807, 2.05) is 54.6 Å². The highest BCUT2D eigenvalue weighted by molar-refractivity contribution is 5.85. The van der Waals surface area contributed by atoms with E-state index in [0.717, 1.165) is 68.3 Å². The molecular weight excluding hydrogens is 436 g/mol. The van der Waals surface area contributed by atoms with Crippen LogP contribution in [0.5, 0.6) is 11.5 Å². The number of esters is 1. The van der Waals surface area contributed by atoms with Gasteiger partial charge in [0.15, 0.2) is 0 Å². The first-order valence-corrected chi connectivity index (χ1v) is 12.5. The molecule has 2 heterocycles. The van der Waals surface area contributed by atoms with Crippen LogP contribution in [0.4, 0.5) is 0 Å². The van der Waals surface area contributed by atoms with Crippen molar-refractivity contribution in [3.05, 3.63) is 102 Å². The SMILES string of the molecule is O=C(OCCCN1CCN(C/C=C/c2ccccc2)CC1)C1c2ccccc2Oc2ccccc21. The summed E-state index contributed by atoms with van der Waals surface area (Å²) in [4.78, 5) is 18.1. The third-order valence-corrected chi connectivity index (χ3v) is 6.72. The predicted octanol–water partition coefficient (Wildman–Crippen LogP) is 5.19. The number of ether oxygens (including phenoxy) is 2. The van der Waals surface area contributed by atoms with E-state index in [4.69, 9.17) is 9.47 Å². The van der Waals surface area contributed by atoms with Crippen LogP contribution in [-0.2, 0) is 9.53 Å². The number of benzene rings is 3. The Labute approximate surface area is 207 Å². The highest BCUT2D eigenvalue weighted by atomic mass is 16.5. The number of para-hydroxylation sites is 2. The van der Waals surface area contributed by atoms with E-state index in [-0.39, 0.29) is 5.97 Å². The van der Waals surface area contributed by atoms with Crippen molar-refractivity contribution < 1.29 is 14.3 Å². The van der Waals surface area contributed by atoms with Crippen LogP contribution in [0.2, 0.25) is 0 Å². The number of carbonyl (C=O) groups excluding carboxylic acids is 1. The Morgan fingerprint density at radius 3 is 2.11 bits per heavy atom. The molecule has 0 aliphatic carbocycles. The Balaban J connectivity index is 1.06. The third kappa shape index (κ3) is 5.81. The van der Waals surface area contributed by atoms with Crippen LogP contribution in [0.15, 0.2) is 84.9 Å². The van der Waals surface area contributed by atoms with Gasteiger partial charge in [-0.05, 0) is 24.1 Å². The quantitative estimate of drug-likeness (QED) is 0.336. The van der Waals surface area contributed by atoms with Crippen LogP contribution < -0.4 is 4.74 Å². The minimum Gasteiger partial charge on any atom is -0.465 e. The van der Waals surface area contributed by atoms with E-state index < -0.39 is 5.92 Å². The van der Waals surface area contributed by atoms with Gasteiger partial charge in [-0.1, -0.05) is 78.9 Å². The maximum atomic E-state index is 13.1. The first kappa shape index (κ1) is 23.3. The summed E-state index contributed by atoms with van der Waals surface area (Å²) < 4.78 is 11.8. The van der Waals surface area contributed by atoms with Crippen molar-refractivity contribution in [1.29, 1.82) is 0 Å². The molecule has 1 saturated heterocycles. The van der Waals surface area contributed by atoms with Crippen molar-refractivity contribution in [3.8, 4) is 11.5 Å². The van der Waals surface area contributed by atoms with Crippen LogP contribution >= 0.6 is 0 Å². The monoisotopic (exact) mass is 468 g/mol. The number of hydrogen-bond acceptors (Lipinski definition) is 5. The van der Waals surface area contributed by atoms with E-state index in [1.54, 1.807) is 0 Å². The molecule has 0 bridgehead atoms. The number of fused-ring (bicyclic) bond motifs is 2. The molecule has 0 amide bonds. The zero-order valence-electron chi connectivity index (χ0n) is 20.0. The molecule has 0 spiro atoms. The maximum absolute atomic E-state index is 13.1. The van der Waals surface area contributed by atoms with Crippen molar-refractivity contribution in [2.75, 3.05) is 45.9 Å². The molecule has 5 nitrogen and oxygen atoms in total. The molecule has 35 heavy (non-hydrogen) atoms. The Kier molecular flexibility index (Phi) is 7.56. The summed E-state index contributed by atoms with van der Waals surface area (Å²) in [6, 6.07) is 25.9. The van der Waals surface area contributed by atoms with E-state index in [1.165, 1.54) is 5.56 Å². The Morgan fingerprint density at radius 1 is 0.829 bits per heavy atom. The average molecular weight is 469 g/mol. The predicted molar refractivity (Wildman–Crippen MR) is 139 cm³/mol. The number of hydrogen-bond donors (Lipinski definition) is 0. The molecular formula is C30H32N2O3. The molecule has 5 heteroatoms. The number of rotatable bonds is 8. The molecule has 0 unspecified atom stereocenters. The van der Waals surface area contributed by atoms with Crippen LogP contribution in [0.25, 0.3) is 6.08 Å². The summed E-state index contributed by atoms with van der Waals surface area (Å²) in [5.41, 5.74) is 2.98. The first-order valence-electron chi connectivity index (χ1n) is 12.5. The molecule has 3 aromatic carbocycles. The van der Waals surface area contributed by atoms with Gasteiger partial charge in [-0.25, -0.2) is 0 Å². The van der Waals surface area contributed by atoms with Gasteiger partial charge in [-0.3, -0.25) is 9.69 Å². The fourth-order valence-corrected chi connectivity index (χ4v) is 4.81. The molecule has 0 aromatic heterocycles. The van der Waals surface area contributed by atoms with Gasteiger partial charge in [-0.15, -0.1) is 0 Å². The summed E-state index contributed by atoms with van der Waals surface area (Å²) in [6.07, 6.45) is 5.28. The van der Waals surface area contributed by atoms with Crippen molar-refractivity contribution in [1.82, 2.24) is 9.80 Å². The molecule has 1 fully saturated rings. The number of piperazine rings is 1. The number of carbonyl (C=O) groups is 1. The fraction of sp³-hybridized carbons (Fsp3) is 0.300. The highest BCUT2D eigenvalue weighted by Crippen LogP contribution is 2.44. The van der Waals surface area contributed by atoms with Gasteiger partial charge in [-0.2, -0.15) is 0 Å². The van der Waals surface area contributed by atoms with Crippen LogP contribution in [0, 0.1) is 0 Å². The minimum absolute atomic E-state index is 0.205. The highest BCUT2D eigenvalue weighted by Gasteiger charge is 2.33. The molecule has 5 rings (SSSR count). The normalized spacial score (nSPS) is 16.5. The largest absolute Gasteiger partial charge is 0.465 e. The lowest BCUT2D eigenvalue weighted by molar-refractivity contribution is -0.144. The molecule has 180 valence electrons. The van der Waals surface area contributed by atoms with E-state index in [9.17, 15) is 4.79 Å². The van der Waals surface area contributed by atoms with Crippen molar-refractivity contribution in [2.24, 2.45) is 0 Å². The van der Waals surface area contributed by atoms with Crippen molar-refractivity contribution in [3.63, 3.8) is 0 Å². The van der Waals surface area contributed by atoms with Crippen molar-refractivity contribution in [2.45, 2.75) is 12.3 Å². The lowest BCUT2D eigenvalue weighted by Crippen LogP contribution is -2.46. The summed E-state index contributed by atoms with van der Waals surface area (Å²) >= 11 is 0. The summed E-state index contributed by atoms with van der Waals surface area (Å²) in [5, 5.41) is 0. The van der Waals surface area contributed by atoms with Gasteiger partial charge in [0, 0.05) is 50.4 Å². The minimum atomic E-state index is -0.441. The average Bonchev–Trinajstić information content (AvgIpc) is 2.91. The van der Waals surface area contributed by atoms with Crippen LogP contribution in [-0.4, -0.2) is 61.6 Å². The second-order valence-electron chi connectivity index (χ2n) is 9.09. The van der Waals surface area contributed by atoms with Crippen LogP contribution in [0.3, 0.4) is 0 Å². The Bertz CT molecular complexity index is 1110. The second-order valence-corrected chi connectivity index (χ2v) is 9.09. The van der Waals surface area contributed by atoms with Gasteiger partial charge in [0.1, 0.15) is 17.4 Å². The molecule has 2 aliphatic heterocycles. The number of nitrogens with zero attached hydrogens (tertiary/aromatic N) is 2. The first-order chi connectivity index (χ1) is 17.3. The van der Waals surface area contributed by atoms with E-state index in [2.05, 4.69) is 46.2 Å².